The van der Waals surface area contributed by atoms with Gasteiger partial charge >= 0.3 is 6.61 Å². The Bertz CT molecular complexity index is 561. The lowest BCUT2D eigenvalue weighted by Crippen LogP contribution is -2.25. The monoisotopic (exact) mass is 311 g/mol. The highest BCUT2D eigenvalue weighted by Crippen LogP contribution is 2.30. The van der Waals surface area contributed by atoms with Crippen LogP contribution in [0.4, 0.5) is 8.78 Å². The highest BCUT2D eigenvalue weighted by atomic mass is 35.5. The van der Waals surface area contributed by atoms with Crippen molar-refractivity contribution in [2.75, 3.05) is 6.54 Å². The van der Waals surface area contributed by atoms with Crippen molar-refractivity contribution < 1.29 is 21.9 Å². The Morgan fingerprint density at radius 3 is 2.63 bits per heavy atom. The normalized spacial score (nSPS) is 15.8. The fraction of sp³-hybridized carbons (Fsp3) is 0.455. The average Bonchev–Trinajstić information content (AvgIpc) is 3.12. The Balaban J connectivity index is 2.13. The molecule has 19 heavy (non-hydrogen) atoms. The van der Waals surface area contributed by atoms with E-state index < -0.39 is 16.6 Å². The zero-order chi connectivity index (χ0) is 14.0. The van der Waals surface area contributed by atoms with E-state index in [1.54, 1.807) is 0 Å². The van der Waals surface area contributed by atoms with Crippen LogP contribution in [-0.4, -0.2) is 21.6 Å². The molecule has 1 aromatic carbocycles. The number of sulfonamides is 1. The molecular formula is C11H12ClF2NO3S. The number of halogens is 3. The maximum absolute atomic E-state index is 12.0. The summed E-state index contributed by atoms with van der Waals surface area (Å²) in [6.07, 6.45) is 2.04. The molecule has 0 saturated heterocycles. The molecule has 0 unspecified atom stereocenters. The van der Waals surface area contributed by atoms with Gasteiger partial charge in [-0.15, -0.1) is 0 Å². The fourth-order valence-electron chi connectivity index (χ4n) is 1.47. The predicted octanol–water partition coefficient (Wildman–Crippen LogP) is 2.63. The third-order valence-corrected chi connectivity index (χ3v) is 4.41. The van der Waals surface area contributed by atoms with Crippen LogP contribution in [0.3, 0.4) is 0 Å². The summed E-state index contributed by atoms with van der Waals surface area (Å²) in [5.74, 6) is 0.143. The molecule has 0 aliphatic heterocycles. The molecule has 0 radical (unpaired) electrons. The molecule has 1 fully saturated rings. The summed E-state index contributed by atoms with van der Waals surface area (Å²) in [5.41, 5.74) is 0. The topological polar surface area (TPSA) is 55.4 Å². The molecule has 0 bridgehead atoms. The largest absolute Gasteiger partial charge is 0.433 e. The smallest absolute Gasteiger partial charge is 0.387 e. The number of benzene rings is 1. The summed E-state index contributed by atoms with van der Waals surface area (Å²) < 4.78 is 54.5. The Kier molecular flexibility index (Phi) is 4.27. The van der Waals surface area contributed by atoms with Crippen LogP contribution < -0.4 is 9.46 Å². The number of rotatable bonds is 6. The van der Waals surface area contributed by atoms with Gasteiger partial charge in [0.2, 0.25) is 10.0 Å². The number of ether oxygens (including phenoxy) is 1. The van der Waals surface area contributed by atoms with E-state index in [-0.39, 0.29) is 15.7 Å². The fourth-order valence-corrected chi connectivity index (χ4v) is 2.90. The SMILES string of the molecule is O=S(=O)(NCC1CC1)c1ccc(OC(F)F)c(Cl)c1. The molecule has 1 aliphatic carbocycles. The van der Waals surface area contributed by atoms with E-state index in [9.17, 15) is 17.2 Å². The highest BCUT2D eigenvalue weighted by Gasteiger charge is 2.24. The molecule has 1 aromatic rings. The van der Waals surface area contributed by atoms with Crippen molar-refractivity contribution in [1.29, 1.82) is 0 Å². The molecule has 8 heteroatoms. The molecule has 0 atom stereocenters. The summed E-state index contributed by atoms with van der Waals surface area (Å²) in [4.78, 5) is -0.0697. The molecule has 1 aliphatic rings. The van der Waals surface area contributed by atoms with Crippen LogP contribution in [0.2, 0.25) is 5.02 Å². The van der Waals surface area contributed by atoms with Crippen LogP contribution in [0, 0.1) is 5.92 Å². The summed E-state index contributed by atoms with van der Waals surface area (Å²) in [7, 11) is -3.66. The predicted molar refractivity (Wildman–Crippen MR) is 66.0 cm³/mol. The maximum Gasteiger partial charge on any atom is 0.387 e. The minimum absolute atomic E-state index is 0.0697. The van der Waals surface area contributed by atoms with Gasteiger partial charge < -0.3 is 4.74 Å². The van der Waals surface area contributed by atoms with Crippen molar-refractivity contribution in [3.63, 3.8) is 0 Å². The molecule has 0 spiro atoms. The van der Waals surface area contributed by atoms with Crippen LogP contribution in [0.1, 0.15) is 12.8 Å². The summed E-state index contributed by atoms with van der Waals surface area (Å²) in [5, 5.41) is -0.172. The van der Waals surface area contributed by atoms with Crippen molar-refractivity contribution in [3.05, 3.63) is 23.2 Å². The average molecular weight is 312 g/mol. The second-order valence-corrected chi connectivity index (χ2v) is 6.44. The lowest BCUT2D eigenvalue weighted by Gasteiger charge is -2.09. The van der Waals surface area contributed by atoms with Crippen molar-refractivity contribution in [1.82, 2.24) is 4.72 Å². The number of hydrogen-bond acceptors (Lipinski definition) is 3. The minimum atomic E-state index is -3.66. The Morgan fingerprint density at radius 1 is 1.42 bits per heavy atom. The molecule has 0 heterocycles. The highest BCUT2D eigenvalue weighted by molar-refractivity contribution is 7.89. The van der Waals surface area contributed by atoms with Crippen molar-refractivity contribution in [3.8, 4) is 5.75 Å². The van der Waals surface area contributed by atoms with Gasteiger partial charge in [0.25, 0.3) is 0 Å². The first-order chi connectivity index (χ1) is 8.88. The van der Waals surface area contributed by atoms with E-state index in [2.05, 4.69) is 9.46 Å². The van der Waals surface area contributed by atoms with Gasteiger partial charge in [0.05, 0.1) is 9.92 Å². The first-order valence-corrected chi connectivity index (χ1v) is 7.48. The van der Waals surface area contributed by atoms with Crippen LogP contribution >= 0.6 is 11.6 Å². The molecule has 4 nitrogen and oxygen atoms in total. The standard InChI is InChI=1S/C11H12ClF2NO3S/c12-9-5-8(3-4-10(9)18-11(13)14)19(16,17)15-6-7-1-2-7/h3-5,7,11,15H,1-2,6H2. The van der Waals surface area contributed by atoms with Crippen LogP contribution in [0.15, 0.2) is 23.1 Å². The molecular weight excluding hydrogens is 300 g/mol. The van der Waals surface area contributed by atoms with Gasteiger partial charge in [-0.3, -0.25) is 0 Å². The van der Waals surface area contributed by atoms with E-state index in [4.69, 9.17) is 11.6 Å². The Labute approximate surface area is 114 Å². The van der Waals surface area contributed by atoms with E-state index >= 15 is 0 Å². The van der Waals surface area contributed by atoms with Gasteiger partial charge in [-0.2, -0.15) is 8.78 Å². The van der Waals surface area contributed by atoms with Gasteiger partial charge in [0.1, 0.15) is 5.75 Å². The lowest BCUT2D eigenvalue weighted by atomic mass is 10.3. The zero-order valence-corrected chi connectivity index (χ0v) is 11.3. The molecule has 106 valence electrons. The van der Waals surface area contributed by atoms with Gasteiger partial charge in [0, 0.05) is 6.54 Å². The van der Waals surface area contributed by atoms with Gasteiger partial charge in [-0.1, -0.05) is 11.6 Å². The molecule has 0 amide bonds. The number of alkyl halides is 2. The van der Waals surface area contributed by atoms with Crippen LogP contribution in [0.25, 0.3) is 0 Å². The lowest BCUT2D eigenvalue weighted by molar-refractivity contribution is -0.0498. The number of hydrogen-bond donors (Lipinski definition) is 1. The van der Waals surface area contributed by atoms with E-state index in [0.717, 1.165) is 25.0 Å². The minimum Gasteiger partial charge on any atom is -0.433 e. The van der Waals surface area contributed by atoms with Crippen LogP contribution in [0.5, 0.6) is 5.75 Å². The maximum atomic E-state index is 12.0. The molecule has 2 rings (SSSR count). The van der Waals surface area contributed by atoms with Crippen LogP contribution in [-0.2, 0) is 10.0 Å². The van der Waals surface area contributed by atoms with E-state index in [1.807, 2.05) is 0 Å². The second kappa shape index (κ2) is 5.60. The third kappa shape index (κ3) is 4.02. The summed E-state index contributed by atoms with van der Waals surface area (Å²) >= 11 is 5.70. The Hall–Kier alpha value is -0.920. The first-order valence-electron chi connectivity index (χ1n) is 5.62. The number of nitrogens with one attached hydrogen (secondary N) is 1. The second-order valence-electron chi connectivity index (χ2n) is 4.27. The van der Waals surface area contributed by atoms with E-state index in [1.165, 1.54) is 6.07 Å². The van der Waals surface area contributed by atoms with Gasteiger partial charge in [-0.05, 0) is 37.0 Å². The van der Waals surface area contributed by atoms with Crippen molar-refractivity contribution in [2.24, 2.45) is 5.92 Å². The summed E-state index contributed by atoms with van der Waals surface area (Å²) in [6.45, 7) is -2.62. The molecule has 1 saturated carbocycles. The first kappa shape index (κ1) is 14.5. The third-order valence-electron chi connectivity index (χ3n) is 2.69. The van der Waals surface area contributed by atoms with Crippen molar-refractivity contribution in [2.45, 2.75) is 24.3 Å². The quantitative estimate of drug-likeness (QED) is 0.878. The van der Waals surface area contributed by atoms with E-state index in [0.29, 0.717) is 12.5 Å². The summed E-state index contributed by atoms with van der Waals surface area (Å²) in [6, 6.07) is 3.38. The van der Waals surface area contributed by atoms with Gasteiger partial charge in [0.15, 0.2) is 0 Å². The van der Waals surface area contributed by atoms with Gasteiger partial charge in [-0.25, -0.2) is 13.1 Å². The molecule has 1 N–H and O–H groups in total. The Morgan fingerprint density at radius 2 is 2.11 bits per heavy atom. The zero-order valence-electron chi connectivity index (χ0n) is 9.77. The van der Waals surface area contributed by atoms with Crippen molar-refractivity contribution >= 4 is 21.6 Å². The molecule has 0 aromatic heterocycles.